The minimum absolute atomic E-state index is 0.177. The van der Waals surface area contributed by atoms with Crippen molar-refractivity contribution in [1.82, 2.24) is 19.5 Å². The molecule has 3 N–H and O–H groups in total. The molecule has 0 amide bonds. The first kappa shape index (κ1) is 17.1. The Labute approximate surface area is 166 Å². The van der Waals surface area contributed by atoms with Crippen molar-refractivity contribution in [2.45, 2.75) is 31.7 Å². The maximum atomic E-state index is 13.0. The van der Waals surface area contributed by atoms with Gasteiger partial charge in [-0.05, 0) is 43.2 Å². The van der Waals surface area contributed by atoms with E-state index in [1.54, 1.807) is 10.9 Å². The topological polar surface area (TPSA) is 78.5 Å². The summed E-state index contributed by atoms with van der Waals surface area (Å²) in [5.41, 5.74) is 4.09. The van der Waals surface area contributed by atoms with Crippen molar-refractivity contribution in [3.05, 3.63) is 64.3 Å². The molecule has 0 spiro atoms. The monoisotopic (exact) mass is 393 g/mol. The lowest BCUT2D eigenvalue weighted by Gasteiger charge is -2.15. The molecule has 5 rings (SSSR count). The van der Waals surface area contributed by atoms with Gasteiger partial charge in [-0.15, -0.1) is 0 Å². The fourth-order valence-electron chi connectivity index (χ4n) is 4.00. The van der Waals surface area contributed by atoms with Crippen LogP contribution in [0.4, 0.5) is 5.82 Å². The van der Waals surface area contributed by atoms with E-state index in [9.17, 15) is 4.79 Å². The Balaban J connectivity index is 1.69. The lowest BCUT2D eigenvalue weighted by atomic mass is 10.1. The fraction of sp³-hybridized carbons (Fsp3) is 0.238. The summed E-state index contributed by atoms with van der Waals surface area (Å²) in [6, 6.07) is 13.7. The van der Waals surface area contributed by atoms with Crippen molar-refractivity contribution in [2.75, 3.05) is 5.32 Å². The van der Waals surface area contributed by atoms with E-state index in [2.05, 4.69) is 20.3 Å². The summed E-state index contributed by atoms with van der Waals surface area (Å²) in [5.74, 6) is 0.754. The third-order valence-electron chi connectivity index (χ3n) is 5.38. The van der Waals surface area contributed by atoms with Gasteiger partial charge >= 0.3 is 5.69 Å². The molecule has 0 unspecified atom stereocenters. The predicted molar refractivity (Wildman–Crippen MR) is 112 cm³/mol. The minimum Gasteiger partial charge on any atom is -0.367 e. The van der Waals surface area contributed by atoms with E-state index in [0.717, 1.165) is 46.6 Å². The highest BCUT2D eigenvalue weighted by Crippen LogP contribution is 2.32. The van der Waals surface area contributed by atoms with E-state index >= 15 is 0 Å². The molecule has 0 radical (unpaired) electrons. The summed E-state index contributed by atoms with van der Waals surface area (Å²) in [5, 5.41) is 4.22. The number of hydrogen-bond acceptors (Lipinski definition) is 3. The van der Waals surface area contributed by atoms with Crippen molar-refractivity contribution in [2.24, 2.45) is 0 Å². The van der Waals surface area contributed by atoms with Crippen LogP contribution in [0.2, 0.25) is 5.02 Å². The Hall–Kier alpha value is -2.99. The number of rotatable bonds is 4. The summed E-state index contributed by atoms with van der Waals surface area (Å²) in [7, 11) is 0. The normalized spacial score (nSPS) is 14.8. The second-order valence-corrected chi connectivity index (χ2v) is 7.66. The number of aromatic amines is 2. The summed E-state index contributed by atoms with van der Waals surface area (Å²) < 4.78 is 1.71. The van der Waals surface area contributed by atoms with Gasteiger partial charge in [0, 0.05) is 16.6 Å². The third kappa shape index (κ3) is 2.99. The van der Waals surface area contributed by atoms with Gasteiger partial charge in [-0.3, -0.25) is 9.55 Å². The Morgan fingerprint density at radius 2 is 1.89 bits per heavy atom. The molecule has 4 aromatic rings. The fourth-order valence-corrected chi connectivity index (χ4v) is 4.13. The van der Waals surface area contributed by atoms with Gasteiger partial charge in [0.15, 0.2) is 0 Å². The highest BCUT2D eigenvalue weighted by molar-refractivity contribution is 6.30. The molecule has 2 aromatic carbocycles. The number of hydrogen-bond donors (Lipinski definition) is 3. The van der Waals surface area contributed by atoms with E-state index < -0.39 is 0 Å². The highest BCUT2D eigenvalue weighted by Gasteiger charge is 2.22. The van der Waals surface area contributed by atoms with Gasteiger partial charge in [0.25, 0.3) is 0 Å². The quantitative estimate of drug-likeness (QED) is 0.469. The van der Waals surface area contributed by atoms with Gasteiger partial charge in [-0.2, -0.15) is 0 Å². The van der Waals surface area contributed by atoms with Crippen LogP contribution in [-0.4, -0.2) is 25.6 Å². The van der Waals surface area contributed by atoms with Gasteiger partial charge in [0.2, 0.25) is 0 Å². The molecular weight excluding hydrogens is 374 g/mol. The summed E-state index contributed by atoms with van der Waals surface area (Å²) >= 11 is 6.09. The number of imidazole rings is 2. The van der Waals surface area contributed by atoms with Crippen LogP contribution in [0.5, 0.6) is 0 Å². The second-order valence-electron chi connectivity index (χ2n) is 7.23. The lowest BCUT2D eigenvalue weighted by molar-refractivity contribution is 0.751. The number of anilines is 1. The van der Waals surface area contributed by atoms with Crippen molar-refractivity contribution in [1.29, 1.82) is 0 Å². The molecule has 1 aliphatic carbocycles. The number of benzene rings is 2. The molecule has 2 aromatic heterocycles. The molecule has 1 saturated carbocycles. The van der Waals surface area contributed by atoms with E-state index in [1.165, 1.54) is 12.8 Å². The zero-order valence-corrected chi connectivity index (χ0v) is 16.0. The molecule has 0 atom stereocenters. The summed E-state index contributed by atoms with van der Waals surface area (Å²) in [4.78, 5) is 23.4. The molecule has 1 fully saturated rings. The SMILES string of the molecule is O=c1[nH]c(NC2CCCC2)c(-c2ccc(Cl)cc2)n1-c1ccc2nc[nH]c2c1. The van der Waals surface area contributed by atoms with Crippen molar-refractivity contribution >= 4 is 28.5 Å². The smallest absolute Gasteiger partial charge is 0.332 e. The minimum atomic E-state index is -0.177. The Morgan fingerprint density at radius 1 is 1.11 bits per heavy atom. The molecule has 2 heterocycles. The highest BCUT2D eigenvalue weighted by atomic mass is 35.5. The lowest BCUT2D eigenvalue weighted by Crippen LogP contribution is -2.16. The molecule has 142 valence electrons. The third-order valence-corrected chi connectivity index (χ3v) is 5.63. The Kier molecular flexibility index (Phi) is 4.20. The predicted octanol–water partition coefficient (Wildman–Crippen LogP) is 4.72. The maximum absolute atomic E-state index is 13.0. The van der Waals surface area contributed by atoms with E-state index in [-0.39, 0.29) is 5.69 Å². The van der Waals surface area contributed by atoms with Gasteiger partial charge < -0.3 is 10.3 Å². The standard InChI is InChI=1S/C21H20ClN5O/c22-14-7-5-13(6-8-14)19-20(25-15-3-1-2-4-15)26-21(28)27(19)16-9-10-17-18(11-16)24-12-23-17/h5-12,15,25H,1-4H2,(H,23,24)(H,26,28). The number of nitrogens with one attached hydrogen (secondary N) is 3. The van der Waals surface area contributed by atoms with Crippen molar-refractivity contribution < 1.29 is 0 Å². The van der Waals surface area contributed by atoms with E-state index in [0.29, 0.717) is 11.1 Å². The zero-order chi connectivity index (χ0) is 19.1. The summed E-state index contributed by atoms with van der Waals surface area (Å²) in [6.45, 7) is 0. The van der Waals surface area contributed by atoms with Crippen molar-refractivity contribution in [3.63, 3.8) is 0 Å². The number of H-pyrrole nitrogens is 2. The number of halogens is 1. The van der Waals surface area contributed by atoms with Crippen LogP contribution >= 0.6 is 11.6 Å². The average Bonchev–Trinajstić information content (AvgIpc) is 3.42. The largest absolute Gasteiger partial charge is 0.367 e. The van der Waals surface area contributed by atoms with Crippen LogP contribution in [0.15, 0.2) is 53.6 Å². The molecular formula is C21H20ClN5O. The first-order chi connectivity index (χ1) is 13.7. The van der Waals surface area contributed by atoms with Gasteiger partial charge in [0.05, 0.1) is 28.7 Å². The zero-order valence-electron chi connectivity index (χ0n) is 15.2. The van der Waals surface area contributed by atoms with Gasteiger partial charge in [-0.25, -0.2) is 9.78 Å². The Bertz CT molecular complexity index is 1180. The van der Waals surface area contributed by atoms with Crippen LogP contribution in [0, 0.1) is 0 Å². The average molecular weight is 394 g/mol. The van der Waals surface area contributed by atoms with Gasteiger partial charge in [-0.1, -0.05) is 36.6 Å². The van der Waals surface area contributed by atoms with E-state index in [4.69, 9.17) is 11.6 Å². The number of nitrogens with zero attached hydrogens (tertiary/aromatic N) is 2. The molecule has 7 heteroatoms. The van der Waals surface area contributed by atoms with Crippen LogP contribution in [0.25, 0.3) is 28.0 Å². The second kappa shape index (κ2) is 6.87. The summed E-state index contributed by atoms with van der Waals surface area (Å²) in [6.07, 6.45) is 6.33. The van der Waals surface area contributed by atoms with Gasteiger partial charge in [0.1, 0.15) is 5.82 Å². The van der Waals surface area contributed by atoms with Crippen LogP contribution in [0.3, 0.4) is 0 Å². The first-order valence-electron chi connectivity index (χ1n) is 9.50. The molecule has 6 nitrogen and oxygen atoms in total. The number of fused-ring (bicyclic) bond motifs is 1. The molecule has 0 bridgehead atoms. The van der Waals surface area contributed by atoms with E-state index in [1.807, 2.05) is 42.5 Å². The van der Waals surface area contributed by atoms with Crippen LogP contribution in [-0.2, 0) is 0 Å². The van der Waals surface area contributed by atoms with Crippen LogP contribution < -0.4 is 11.0 Å². The Morgan fingerprint density at radius 3 is 2.68 bits per heavy atom. The molecule has 28 heavy (non-hydrogen) atoms. The molecule has 0 saturated heterocycles. The first-order valence-corrected chi connectivity index (χ1v) is 9.88. The molecule has 1 aliphatic rings. The van der Waals surface area contributed by atoms with Crippen molar-refractivity contribution in [3.8, 4) is 16.9 Å². The molecule has 0 aliphatic heterocycles. The number of aromatic nitrogens is 4. The maximum Gasteiger partial charge on any atom is 0.332 e. The van der Waals surface area contributed by atoms with Crippen LogP contribution in [0.1, 0.15) is 25.7 Å².